The van der Waals surface area contributed by atoms with Crippen molar-refractivity contribution in [2.45, 2.75) is 39.2 Å². The van der Waals surface area contributed by atoms with Gasteiger partial charge in [-0.1, -0.05) is 0 Å². The highest BCUT2D eigenvalue weighted by Gasteiger charge is 2.48. The molecule has 0 unspecified atom stereocenters. The summed E-state index contributed by atoms with van der Waals surface area (Å²) in [6, 6.07) is 3.16. The highest BCUT2D eigenvalue weighted by atomic mass is 19.3. The second kappa shape index (κ2) is 10.9. The first-order valence-corrected chi connectivity index (χ1v) is 10.5. The fourth-order valence-corrected chi connectivity index (χ4v) is 3.35. The van der Waals surface area contributed by atoms with Crippen molar-refractivity contribution in [1.82, 2.24) is 19.5 Å². The lowest BCUT2D eigenvalue weighted by molar-refractivity contribution is -0.139. The topological polar surface area (TPSA) is 120 Å². The highest BCUT2D eigenvalue weighted by molar-refractivity contribution is 5.69. The van der Waals surface area contributed by atoms with E-state index < -0.39 is 53.6 Å². The van der Waals surface area contributed by atoms with Crippen LogP contribution >= 0.6 is 0 Å². The van der Waals surface area contributed by atoms with Gasteiger partial charge in [0.15, 0.2) is 17.8 Å². The molecule has 1 aromatic carbocycles. The molecule has 0 amide bonds. The summed E-state index contributed by atoms with van der Waals surface area (Å²) in [6.45, 7) is 2.17. The van der Waals surface area contributed by atoms with Crippen LogP contribution in [0.3, 0.4) is 0 Å². The van der Waals surface area contributed by atoms with E-state index in [4.69, 9.17) is 9.47 Å². The summed E-state index contributed by atoms with van der Waals surface area (Å²) in [4.78, 5) is 35.4. The van der Waals surface area contributed by atoms with Gasteiger partial charge in [0.05, 0.1) is 42.9 Å². The van der Waals surface area contributed by atoms with Gasteiger partial charge in [-0.15, -0.1) is 0 Å². The Morgan fingerprint density at radius 2 is 1.87 bits per heavy atom. The number of carbonyl (C=O) groups excluding carboxylic acids is 1. The molecule has 0 aliphatic heterocycles. The SMILES string of the molecule is COc1nc(C=O)nc(C)c1Cn1cnc(C(F)(F)C(F)F)c(Oc2cc(C(F)F)cc(C#N)c2C)c1=O. The van der Waals surface area contributed by atoms with Crippen molar-refractivity contribution in [3.05, 3.63) is 68.3 Å². The number of hydrogen-bond donors (Lipinski definition) is 0. The van der Waals surface area contributed by atoms with Gasteiger partial charge in [0.2, 0.25) is 11.6 Å². The second-order valence-electron chi connectivity index (χ2n) is 7.76. The Morgan fingerprint density at radius 3 is 2.42 bits per heavy atom. The summed E-state index contributed by atoms with van der Waals surface area (Å²) in [7, 11) is 1.20. The summed E-state index contributed by atoms with van der Waals surface area (Å²) >= 11 is 0. The van der Waals surface area contributed by atoms with Crippen LogP contribution in [0.25, 0.3) is 0 Å². The van der Waals surface area contributed by atoms with Gasteiger partial charge in [-0.05, 0) is 26.0 Å². The quantitative estimate of drug-likeness (QED) is 0.287. The fourth-order valence-electron chi connectivity index (χ4n) is 3.35. The van der Waals surface area contributed by atoms with Crippen LogP contribution in [0.4, 0.5) is 26.3 Å². The molecular weight excluding hydrogens is 524 g/mol. The smallest absolute Gasteiger partial charge is 0.352 e. The standard InChI is InChI=1S/C23H17F6N5O4/c1-10-13(6-30)4-12(19(24)25)5-15(10)38-17-18(23(28,29)22(26)27)31-9-34(21(17)36)7-14-11(2)32-16(8-35)33-20(14)37-3/h4-5,8-9,19,22H,7H2,1-3H3. The van der Waals surface area contributed by atoms with Gasteiger partial charge in [-0.2, -0.15) is 19.0 Å². The molecular formula is C23H17F6N5O4. The van der Waals surface area contributed by atoms with Crippen molar-refractivity contribution in [3.8, 4) is 23.4 Å². The maximum atomic E-state index is 14.4. The Kier molecular flexibility index (Phi) is 8.04. The number of halogens is 6. The lowest BCUT2D eigenvalue weighted by Crippen LogP contribution is -2.32. The van der Waals surface area contributed by atoms with Crippen LogP contribution in [-0.4, -0.2) is 39.3 Å². The number of carbonyl (C=O) groups is 1. The first-order chi connectivity index (χ1) is 17.8. The third-order valence-electron chi connectivity index (χ3n) is 5.37. The molecule has 38 heavy (non-hydrogen) atoms. The maximum Gasteiger partial charge on any atom is 0.352 e. The van der Waals surface area contributed by atoms with E-state index in [0.29, 0.717) is 23.2 Å². The number of ether oxygens (including phenoxy) is 2. The molecule has 200 valence electrons. The lowest BCUT2D eigenvalue weighted by Gasteiger charge is -2.20. The Labute approximate surface area is 210 Å². The minimum absolute atomic E-state index is 0.115. The molecule has 0 radical (unpaired) electrons. The fraction of sp³-hybridized carbons (Fsp3) is 0.304. The van der Waals surface area contributed by atoms with Crippen LogP contribution < -0.4 is 15.0 Å². The number of methoxy groups -OCH3 is 1. The first-order valence-electron chi connectivity index (χ1n) is 10.5. The predicted octanol–water partition coefficient (Wildman–Crippen LogP) is 4.48. The van der Waals surface area contributed by atoms with Gasteiger partial charge in [0.1, 0.15) is 5.75 Å². The molecule has 0 N–H and O–H groups in total. The summed E-state index contributed by atoms with van der Waals surface area (Å²) < 4.78 is 93.0. The molecule has 3 rings (SSSR count). The Balaban J connectivity index is 2.25. The van der Waals surface area contributed by atoms with Gasteiger partial charge in [0, 0.05) is 11.1 Å². The van der Waals surface area contributed by atoms with Crippen LogP contribution in [0.2, 0.25) is 0 Å². The van der Waals surface area contributed by atoms with Gasteiger partial charge in [-0.25, -0.2) is 27.5 Å². The number of aryl methyl sites for hydroxylation is 1. The zero-order chi connectivity index (χ0) is 28.4. The molecule has 2 heterocycles. The van der Waals surface area contributed by atoms with E-state index in [1.54, 1.807) is 6.07 Å². The number of aromatic nitrogens is 4. The molecule has 0 aliphatic carbocycles. The maximum absolute atomic E-state index is 14.4. The molecule has 0 saturated heterocycles. The van der Waals surface area contributed by atoms with E-state index in [1.165, 1.54) is 21.0 Å². The average molecular weight is 541 g/mol. The van der Waals surface area contributed by atoms with Crippen LogP contribution in [0, 0.1) is 25.2 Å². The Bertz CT molecular complexity index is 1490. The van der Waals surface area contributed by atoms with Crippen molar-refractivity contribution in [2.75, 3.05) is 7.11 Å². The van der Waals surface area contributed by atoms with E-state index in [2.05, 4.69) is 15.0 Å². The van der Waals surface area contributed by atoms with E-state index in [1.807, 2.05) is 0 Å². The number of benzene rings is 1. The van der Waals surface area contributed by atoms with Gasteiger partial charge in [-0.3, -0.25) is 14.2 Å². The van der Waals surface area contributed by atoms with E-state index >= 15 is 0 Å². The second-order valence-corrected chi connectivity index (χ2v) is 7.76. The zero-order valence-corrected chi connectivity index (χ0v) is 19.8. The normalized spacial score (nSPS) is 11.5. The summed E-state index contributed by atoms with van der Waals surface area (Å²) in [5.41, 5.74) is -4.04. The molecule has 3 aromatic rings. The van der Waals surface area contributed by atoms with Gasteiger partial charge >= 0.3 is 12.3 Å². The lowest BCUT2D eigenvalue weighted by atomic mass is 10.0. The monoisotopic (exact) mass is 541 g/mol. The minimum Gasteiger partial charge on any atom is -0.481 e. The van der Waals surface area contributed by atoms with Crippen LogP contribution in [0.5, 0.6) is 17.4 Å². The minimum atomic E-state index is -4.97. The Hall–Kier alpha value is -4.48. The van der Waals surface area contributed by atoms with Gasteiger partial charge in [0.25, 0.3) is 12.0 Å². The van der Waals surface area contributed by atoms with E-state index in [0.717, 1.165) is 6.07 Å². The number of alkyl halides is 6. The van der Waals surface area contributed by atoms with Crippen LogP contribution in [-0.2, 0) is 12.5 Å². The molecule has 0 fully saturated rings. The third-order valence-corrected chi connectivity index (χ3v) is 5.37. The van der Waals surface area contributed by atoms with Crippen molar-refractivity contribution in [2.24, 2.45) is 0 Å². The zero-order valence-electron chi connectivity index (χ0n) is 19.8. The van der Waals surface area contributed by atoms with Crippen molar-refractivity contribution in [3.63, 3.8) is 0 Å². The van der Waals surface area contributed by atoms with Crippen LogP contribution in [0.15, 0.2) is 23.3 Å². The number of aldehydes is 1. The Morgan fingerprint density at radius 1 is 1.18 bits per heavy atom. The van der Waals surface area contributed by atoms with E-state index in [9.17, 15) is 41.2 Å². The molecule has 0 saturated carbocycles. The number of rotatable bonds is 9. The highest BCUT2D eigenvalue weighted by Crippen LogP contribution is 2.40. The van der Waals surface area contributed by atoms with Crippen molar-refractivity contribution >= 4 is 6.29 Å². The molecule has 0 spiro atoms. The molecule has 15 heteroatoms. The van der Waals surface area contributed by atoms with Crippen molar-refractivity contribution in [1.29, 1.82) is 5.26 Å². The molecule has 0 bridgehead atoms. The summed E-state index contributed by atoms with van der Waals surface area (Å²) in [6.07, 6.45) is -6.52. The van der Waals surface area contributed by atoms with Gasteiger partial charge < -0.3 is 9.47 Å². The largest absolute Gasteiger partial charge is 0.481 e. The van der Waals surface area contributed by atoms with Crippen molar-refractivity contribution < 1.29 is 40.6 Å². The molecule has 0 aliphatic rings. The third kappa shape index (κ3) is 5.29. The molecule has 2 aromatic heterocycles. The number of hydrogen-bond acceptors (Lipinski definition) is 8. The van der Waals surface area contributed by atoms with Crippen LogP contribution in [0.1, 0.15) is 50.7 Å². The summed E-state index contributed by atoms with van der Waals surface area (Å²) in [5, 5.41) is 9.25. The number of nitrogens with zero attached hydrogens (tertiary/aromatic N) is 5. The van der Waals surface area contributed by atoms with E-state index in [-0.39, 0.29) is 34.1 Å². The summed E-state index contributed by atoms with van der Waals surface area (Å²) in [5.74, 6) is -7.35. The molecule has 0 atom stereocenters. The molecule has 9 nitrogen and oxygen atoms in total. The first kappa shape index (κ1) is 28.1. The predicted molar refractivity (Wildman–Crippen MR) is 117 cm³/mol. The average Bonchev–Trinajstić information content (AvgIpc) is 2.87. The number of nitriles is 1.